The highest BCUT2D eigenvalue weighted by Gasteiger charge is 2.34. The van der Waals surface area contributed by atoms with Crippen molar-refractivity contribution in [2.24, 2.45) is 0 Å². The van der Waals surface area contributed by atoms with Gasteiger partial charge in [-0.2, -0.15) is 4.31 Å². The van der Waals surface area contributed by atoms with E-state index in [-0.39, 0.29) is 16.3 Å². The van der Waals surface area contributed by atoms with Gasteiger partial charge in [0.2, 0.25) is 10.0 Å². The molecule has 0 radical (unpaired) electrons. The molecule has 10 nitrogen and oxygen atoms in total. The predicted octanol–water partition coefficient (Wildman–Crippen LogP) is 1.93. The van der Waals surface area contributed by atoms with Crippen molar-refractivity contribution >= 4 is 27.5 Å². The number of sulfonamides is 1. The largest absolute Gasteiger partial charge is 0.383 e. The minimum Gasteiger partial charge on any atom is -0.383 e. The van der Waals surface area contributed by atoms with Crippen LogP contribution in [0.1, 0.15) is 11.5 Å². The van der Waals surface area contributed by atoms with Crippen molar-refractivity contribution < 1.29 is 17.9 Å². The van der Waals surface area contributed by atoms with Gasteiger partial charge in [0, 0.05) is 70.4 Å². The molecule has 0 spiro atoms. The first kappa shape index (κ1) is 20.8. The van der Waals surface area contributed by atoms with Crippen LogP contribution in [0.2, 0.25) is 0 Å². The van der Waals surface area contributed by atoms with Gasteiger partial charge in [-0.1, -0.05) is 5.16 Å². The Labute approximate surface area is 169 Å². The van der Waals surface area contributed by atoms with Crippen molar-refractivity contribution in [1.82, 2.24) is 14.4 Å². The third-order valence-corrected chi connectivity index (χ3v) is 6.68. The lowest BCUT2D eigenvalue weighted by atomic mass is 10.2. The van der Waals surface area contributed by atoms with Gasteiger partial charge in [0.1, 0.15) is 5.69 Å². The van der Waals surface area contributed by atoms with Crippen LogP contribution in [0.4, 0.5) is 11.4 Å². The van der Waals surface area contributed by atoms with E-state index in [2.05, 4.69) is 5.16 Å². The van der Waals surface area contributed by atoms with E-state index in [1.54, 1.807) is 36.2 Å². The van der Waals surface area contributed by atoms with Gasteiger partial charge in [-0.3, -0.25) is 10.1 Å². The molecular weight excluding hydrogens is 398 g/mol. The van der Waals surface area contributed by atoms with Crippen molar-refractivity contribution in [2.75, 3.05) is 45.2 Å². The number of rotatable bonds is 6. The zero-order valence-corrected chi connectivity index (χ0v) is 17.3. The number of nitrogens with zero attached hydrogens (tertiary/aromatic N) is 5. The second-order valence-electron chi connectivity index (χ2n) is 6.91. The molecule has 1 aromatic heterocycles. The summed E-state index contributed by atoms with van der Waals surface area (Å²) < 4.78 is 33.0. The van der Waals surface area contributed by atoms with E-state index in [1.165, 1.54) is 16.4 Å². The standard InChI is InChI=1S/C18H23N5O5S/c1-14-18(17(28-19-14)8-9-20(2)3)29(26,27)22-12-10-21(11-13-22)15-4-6-16(7-5-15)23(24)25/h4-9H,10-13H2,1-3H3/b9-8+. The first-order valence-electron chi connectivity index (χ1n) is 9.00. The molecule has 0 atom stereocenters. The third kappa shape index (κ3) is 4.40. The smallest absolute Gasteiger partial charge is 0.269 e. The molecule has 29 heavy (non-hydrogen) atoms. The summed E-state index contributed by atoms with van der Waals surface area (Å²) in [5.41, 5.74) is 1.17. The van der Waals surface area contributed by atoms with Crippen LogP contribution in [0.15, 0.2) is 39.9 Å². The van der Waals surface area contributed by atoms with E-state index < -0.39 is 14.9 Å². The van der Waals surface area contributed by atoms with E-state index in [1.807, 2.05) is 19.0 Å². The fraction of sp³-hybridized carbons (Fsp3) is 0.389. The molecule has 0 amide bonds. The number of non-ortho nitro benzene ring substituents is 1. The summed E-state index contributed by atoms with van der Waals surface area (Å²) in [6, 6.07) is 6.25. The number of aryl methyl sites for hydroxylation is 1. The number of piperazine rings is 1. The Morgan fingerprint density at radius 2 is 1.79 bits per heavy atom. The molecule has 1 fully saturated rings. The quantitative estimate of drug-likeness (QED) is 0.514. The van der Waals surface area contributed by atoms with Gasteiger partial charge < -0.3 is 14.3 Å². The fourth-order valence-electron chi connectivity index (χ4n) is 3.12. The van der Waals surface area contributed by atoms with Gasteiger partial charge in [0.25, 0.3) is 5.69 Å². The highest BCUT2D eigenvalue weighted by Crippen LogP contribution is 2.27. The number of benzene rings is 1. The first-order valence-corrected chi connectivity index (χ1v) is 10.4. The molecule has 1 aromatic carbocycles. The van der Waals surface area contributed by atoms with Crippen LogP contribution >= 0.6 is 0 Å². The van der Waals surface area contributed by atoms with Gasteiger partial charge in [-0.25, -0.2) is 8.42 Å². The van der Waals surface area contributed by atoms with Crippen molar-refractivity contribution in [3.8, 4) is 0 Å². The van der Waals surface area contributed by atoms with Crippen LogP contribution in [-0.4, -0.2) is 68.0 Å². The van der Waals surface area contributed by atoms with Crippen molar-refractivity contribution in [1.29, 1.82) is 0 Å². The molecule has 1 aliphatic rings. The molecule has 11 heteroatoms. The zero-order chi connectivity index (χ0) is 21.2. The first-order chi connectivity index (χ1) is 13.7. The lowest BCUT2D eigenvalue weighted by Gasteiger charge is -2.35. The Hall–Kier alpha value is -2.92. The maximum absolute atomic E-state index is 13.2. The molecule has 3 rings (SSSR count). The summed E-state index contributed by atoms with van der Waals surface area (Å²) in [4.78, 5) is 14.2. The van der Waals surface area contributed by atoms with Gasteiger partial charge in [-0.15, -0.1) is 0 Å². The fourth-order valence-corrected chi connectivity index (χ4v) is 4.79. The molecule has 0 N–H and O–H groups in total. The van der Waals surface area contributed by atoms with Crippen molar-refractivity contribution in [2.45, 2.75) is 11.8 Å². The Bertz CT molecular complexity index is 1010. The summed E-state index contributed by atoms with van der Waals surface area (Å²) in [7, 11) is -0.111. The van der Waals surface area contributed by atoms with E-state index in [9.17, 15) is 18.5 Å². The second kappa shape index (κ2) is 8.21. The number of hydrogen-bond acceptors (Lipinski definition) is 8. The minimum absolute atomic E-state index is 0.0243. The highest BCUT2D eigenvalue weighted by molar-refractivity contribution is 7.89. The highest BCUT2D eigenvalue weighted by atomic mass is 32.2. The SMILES string of the molecule is Cc1noc(/C=C/N(C)C)c1S(=O)(=O)N1CCN(c2ccc([N+](=O)[O-])cc2)CC1. The van der Waals surface area contributed by atoms with Crippen molar-refractivity contribution in [3.05, 3.63) is 52.0 Å². The van der Waals surface area contributed by atoms with Gasteiger partial charge >= 0.3 is 0 Å². The Morgan fingerprint density at radius 3 is 2.34 bits per heavy atom. The predicted molar refractivity (Wildman–Crippen MR) is 108 cm³/mol. The maximum atomic E-state index is 13.2. The van der Waals surface area contributed by atoms with Crippen LogP contribution in [-0.2, 0) is 10.0 Å². The van der Waals surface area contributed by atoms with Crippen LogP contribution < -0.4 is 4.90 Å². The molecule has 156 valence electrons. The average molecular weight is 421 g/mol. The minimum atomic E-state index is -3.76. The molecular formula is C18H23N5O5S. The Kier molecular flexibility index (Phi) is 5.89. The zero-order valence-electron chi connectivity index (χ0n) is 16.5. The van der Waals surface area contributed by atoms with Crippen LogP contribution in [0.25, 0.3) is 6.08 Å². The Morgan fingerprint density at radius 1 is 1.17 bits per heavy atom. The molecule has 0 saturated carbocycles. The topological polar surface area (TPSA) is 113 Å². The normalized spacial score (nSPS) is 15.8. The lowest BCUT2D eigenvalue weighted by molar-refractivity contribution is -0.384. The summed E-state index contributed by atoms with van der Waals surface area (Å²) in [5, 5.41) is 14.6. The van der Waals surface area contributed by atoms with Crippen LogP contribution in [0.3, 0.4) is 0 Å². The molecule has 2 heterocycles. The number of nitro groups is 1. The molecule has 2 aromatic rings. The Balaban J connectivity index is 1.75. The molecule has 1 saturated heterocycles. The van der Waals surface area contributed by atoms with Crippen LogP contribution in [0.5, 0.6) is 0 Å². The molecule has 0 aliphatic carbocycles. The van der Waals surface area contributed by atoms with E-state index >= 15 is 0 Å². The summed E-state index contributed by atoms with van der Waals surface area (Å²) in [6.07, 6.45) is 3.28. The van der Waals surface area contributed by atoms with Crippen LogP contribution in [0, 0.1) is 17.0 Å². The number of aromatic nitrogens is 1. The molecule has 1 aliphatic heterocycles. The van der Waals surface area contributed by atoms with E-state index in [0.29, 0.717) is 31.9 Å². The monoisotopic (exact) mass is 421 g/mol. The van der Waals surface area contributed by atoms with Gasteiger partial charge in [0.05, 0.1) is 4.92 Å². The van der Waals surface area contributed by atoms with E-state index in [0.717, 1.165) is 5.69 Å². The summed E-state index contributed by atoms with van der Waals surface area (Å²) >= 11 is 0. The van der Waals surface area contributed by atoms with Gasteiger partial charge in [0.15, 0.2) is 10.7 Å². The second-order valence-corrected chi connectivity index (χ2v) is 8.78. The van der Waals surface area contributed by atoms with Gasteiger partial charge in [-0.05, 0) is 19.1 Å². The molecule has 0 bridgehead atoms. The number of anilines is 1. The lowest BCUT2D eigenvalue weighted by Crippen LogP contribution is -2.48. The summed E-state index contributed by atoms with van der Waals surface area (Å²) in [5.74, 6) is 0.203. The van der Waals surface area contributed by atoms with E-state index in [4.69, 9.17) is 4.52 Å². The maximum Gasteiger partial charge on any atom is 0.269 e. The third-order valence-electron chi connectivity index (χ3n) is 4.62. The van der Waals surface area contributed by atoms with Crippen molar-refractivity contribution in [3.63, 3.8) is 0 Å². The number of hydrogen-bond donors (Lipinski definition) is 0. The average Bonchev–Trinajstić information content (AvgIpc) is 3.08. The summed E-state index contributed by atoms with van der Waals surface area (Å²) in [6.45, 7) is 3.15. The molecule has 0 unspecified atom stereocenters. The number of nitro benzene ring substituents is 1.